The number of aromatic nitrogens is 5. The van der Waals surface area contributed by atoms with Gasteiger partial charge in [0.15, 0.2) is 5.58 Å². The fraction of sp³-hybridized carbons (Fsp3) is 0.193. The molecule has 0 spiro atoms. The normalized spacial score (nSPS) is 12.7. The summed E-state index contributed by atoms with van der Waals surface area (Å²) >= 11 is 0. The largest absolute Gasteiger partial charge is 0.486 e. The molecular formula is C57H49IrN5O2-2. The summed E-state index contributed by atoms with van der Waals surface area (Å²) in [4.78, 5) is 19.0. The third-order valence-electron chi connectivity index (χ3n) is 11.8. The van der Waals surface area contributed by atoms with E-state index in [4.69, 9.17) is 22.9 Å². The topological polar surface area (TPSA) is 82.8 Å². The Kier molecular flexibility index (Phi) is 10.6. The number of furan rings is 2. The van der Waals surface area contributed by atoms with Gasteiger partial charge in [-0.2, -0.15) is 0 Å². The Hall–Kier alpha value is -6.73. The molecule has 11 aromatic rings. The van der Waals surface area contributed by atoms with Crippen molar-refractivity contribution in [2.45, 2.75) is 72.6 Å². The van der Waals surface area contributed by atoms with E-state index in [2.05, 4.69) is 112 Å². The van der Waals surface area contributed by atoms with Gasteiger partial charge in [0, 0.05) is 58.0 Å². The van der Waals surface area contributed by atoms with Crippen molar-refractivity contribution in [2.24, 2.45) is 0 Å². The van der Waals surface area contributed by atoms with Gasteiger partial charge in [-0.3, -0.25) is 15.0 Å². The number of aryl methyl sites for hydroxylation is 1. The summed E-state index contributed by atoms with van der Waals surface area (Å²) in [6, 6.07) is 50.2. The van der Waals surface area contributed by atoms with E-state index >= 15 is 0 Å². The Morgan fingerprint density at radius 2 is 1.42 bits per heavy atom. The van der Waals surface area contributed by atoms with Crippen LogP contribution in [0.3, 0.4) is 0 Å². The standard InChI is InChI=1S/C43H34N3O2.C14H15N2.Ir/c1-24(2)32-21-28(27-14-7-6-8-15-27)22-33(25(3)4)40(32)46-39-26(5)13-11-19-35(39)44-42(46)31-18-12-17-29-34-23-37-38(45-43(34)48-41(29)31)30-16-9-10-20-36(30)47-37;1-14(2,3)12-9-10-15-13(16-12)11-7-5-4-6-8-11;/h6-17,19-25H,1-5H3;4-7,9-10H,1-3H3;/q2*-1;/i5D3;;. The van der Waals surface area contributed by atoms with Gasteiger partial charge in [-0.05, 0) is 89.0 Å². The predicted octanol–water partition coefficient (Wildman–Crippen LogP) is 15.1. The second kappa shape index (κ2) is 17.3. The van der Waals surface area contributed by atoms with Crippen LogP contribution in [0, 0.1) is 19.0 Å². The average Bonchev–Trinajstić information content (AvgIpc) is 4.01. The molecule has 325 valence electrons. The second-order valence-electron chi connectivity index (χ2n) is 17.9. The number of nitrogens with zero attached hydrogens (tertiary/aromatic N) is 5. The summed E-state index contributed by atoms with van der Waals surface area (Å²) in [5.74, 6) is 1.50. The number of imidazole rings is 1. The van der Waals surface area contributed by atoms with Crippen molar-refractivity contribution in [1.82, 2.24) is 24.5 Å². The molecule has 0 amide bonds. The molecule has 7 nitrogen and oxygen atoms in total. The molecule has 5 aromatic heterocycles. The minimum absolute atomic E-state index is 0. The van der Waals surface area contributed by atoms with Gasteiger partial charge in [0.25, 0.3) is 0 Å². The van der Waals surface area contributed by atoms with E-state index in [-0.39, 0.29) is 42.9 Å². The fourth-order valence-electron chi connectivity index (χ4n) is 8.52. The van der Waals surface area contributed by atoms with Crippen LogP contribution in [0.15, 0.2) is 148 Å². The van der Waals surface area contributed by atoms with Crippen LogP contribution in [0.5, 0.6) is 0 Å². The van der Waals surface area contributed by atoms with Crippen molar-refractivity contribution in [3.63, 3.8) is 0 Å². The molecule has 65 heavy (non-hydrogen) atoms. The average molecular weight is 1030 g/mol. The number of hydrogen-bond acceptors (Lipinski definition) is 6. The first kappa shape index (κ1) is 39.8. The van der Waals surface area contributed by atoms with Crippen LogP contribution in [0.1, 0.15) is 86.8 Å². The molecule has 6 aromatic carbocycles. The van der Waals surface area contributed by atoms with Gasteiger partial charge < -0.3 is 13.4 Å². The smallest absolute Gasteiger partial charge is 0.216 e. The van der Waals surface area contributed by atoms with Gasteiger partial charge >= 0.3 is 0 Å². The van der Waals surface area contributed by atoms with Crippen molar-refractivity contribution < 1.29 is 33.1 Å². The van der Waals surface area contributed by atoms with E-state index in [1.165, 1.54) is 0 Å². The Balaban J connectivity index is 0.000000289. The van der Waals surface area contributed by atoms with Gasteiger partial charge in [-0.1, -0.05) is 114 Å². The molecule has 11 rings (SSSR count). The molecule has 8 heteroatoms. The summed E-state index contributed by atoms with van der Waals surface area (Å²) < 4.78 is 40.7. The van der Waals surface area contributed by atoms with Crippen LogP contribution in [0.4, 0.5) is 0 Å². The van der Waals surface area contributed by atoms with Crippen molar-refractivity contribution in [2.75, 3.05) is 0 Å². The van der Waals surface area contributed by atoms with E-state index < -0.39 is 6.85 Å². The maximum Gasteiger partial charge on any atom is 0.216 e. The van der Waals surface area contributed by atoms with Crippen molar-refractivity contribution >= 4 is 55.2 Å². The number of hydrogen-bond donors (Lipinski definition) is 0. The first-order chi connectivity index (χ1) is 32.2. The van der Waals surface area contributed by atoms with Crippen LogP contribution < -0.4 is 0 Å². The number of rotatable bonds is 6. The number of pyridine rings is 1. The van der Waals surface area contributed by atoms with E-state index in [1.807, 2.05) is 91.1 Å². The number of benzene rings is 6. The molecule has 0 aliphatic rings. The van der Waals surface area contributed by atoms with E-state index in [1.54, 1.807) is 12.1 Å². The van der Waals surface area contributed by atoms with Crippen LogP contribution in [0.2, 0.25) is 0 Å². The van der Waals surface area contributed by atoms with Gasteiger partial charge in [0.2, 0.25) is 5.71 Å². The van der Waals surface area contributed by atoms with Crippen LogP contribution in [-0.2, 0) is 25.5 Å². The molecule has 0 unspecified atom stereocenters. The molecule has 0 N–H and O–H groups in total. The third-order valence-corrected chi connectivity index (χ3v) is 11.8. The van der Waals surface area contributed by atoms with Gasteiger partial charge in [-0.15, -0.1) is 54.1 Å². The van der Waals surface area contributed by atoms with Gasteiger partial charge in [-0.25, -0.2) is 4.98 Å². The maximum absolute atomic E-state index is 8.62. The Labute approximate surface area is 397 Å². The molecule has 0 aliphatic carbocycles. The monoisotopic (exact) mass is 1030 g/mol. The summed E-state index contributed by atoms with van der Waals surface area (Å²) in [6.07, 6.45) is 1.81. The molecule has 0 atom stereocenters. The van der Waals surface area contributed by atoms with Crippen LogP contribution in [-0.4, -0.2) is 24.5 Å². The molecule has 0 saturated carbocycles. The minimum Gasteiger partial charge on any atom is -0.486 e. The summed E-state index contributed by atoms with van der Waals surface area (Å²) in [6.45, 7) is 12.8. The Morgan fingerprint density at radius 3 is 2.14 bits per heavy atom. The van der Waals surface area contributed by atoms with Crippen molar-refractivity contribution in [3.05, 3.63) is 174 Å². The molecule has 5 heterocycles. The zero-order valence-electron chi connectivity index (χ0n) is 40.3. The summed E-state index contributed by atoms with van der Waals surface area (Å²) in [5.41, 5.74) is 12.6. The molecule has 0 fully saturated rings. The van der Waals surface area contributed by atoms with Crippen molar-refractivity contribution in [1.29, 1.82) is 0 Å². The van der Waals surface area contributed by atoms with Crippen LogP contribution >= 0.6 is 0 Å². The van der Waals surface area contributed by atoms with Crippen LogP contribution in [0.25, 0.3) is 94.8 Å². The quantitative estimate of drug-likeness (QED) is 0.154. The molecule has 0 saturated heterocycles. The van der Waals surface area contributed by atoms with E-state index in [0.29, 0.717) is 39.3 Å². The molecule has 1 radical (unpaired) electrons. The molecule has 0 bridgehead atoms. The Morgan fingerprint density at radius 1 is 0.662 bits per heavy atom. The Bertz CT molecular complexity index is 3600. The van der Waals surface area contributed by atoms with Gasteiger partial charge in [0.05, 0.1) is 28.3 Å². The fourth-order valence-corrected chi connectivity index (χ4v) is 8.52. The minimum atomic E-state index is -2.38. The van der Waals surface area contributed by atoms with E-state index in [9.17, 15) is 0 Å². The first-order valence-corrected chi connectivity index (χ1v) is 21.8. The molecular weight excluding hydrogens is 979 g/mol. The first-order valence-electron chi connectivity index (χ1n) is 23.3. The predicted molar refractivity (Wildman–Crippen MR) is 261 cm³/mol. The van der Waals surface area contributed by atoms with E-state index in [0.717, 1.165) is 72.3 Å². The SMILES string of the molecule is CC(C)(C)c1ccnc(-c2[c-]cccc2)n1.[2H]C([2H])([2H])c1cccc2nc(-c3[c-]ccc4c3oc3nc5c(cc34)oc3ccccc35)n(-c3c(C(C)C)cc(-c4ccccc4)cc3C(C)C)c12.[Ir]. The zero-order valence-corrected chi connectivity index (χ0v) is 39.7. The molecule has 0 aliphatic heterocycles. The number of para-hydroxylation sites is 2. The summed E-state index contributed by atoms with van der Waals surface area (Å²) in [7, 11) is 0. The zero-order chi connectivity index (χ0) is 46.8. The second-order valence-corrected chi connectivity index (χ2v) is 17.9. The summed E-state index contributed by atoms with van der Waals surface area (Å²) in [5, 5.41) is 2.58. The maximum atomic E-state index is 8.62. The third kappa shape index (κ3) is 7.96. The number of fused-ring (bicyclic) bond motifs is 7. The van der Waals surface area contributed by atoms with Crippen molar-refractivity contribution in [3.8, 4) is 39.6 Å². The van der Waals surface area contributed by atoms with Gasteiger partial charge in [0.1, 0.15) is 11.1 Å².